The van der Waals surface area contributed by atoms with Crippen molar-refractivity contribution < 1.29 is 4.74 Å². The van der Waals surface area contributed by atoms with E-state index in [1.54, 1.807) is 14.0 Å². The molecule has 96 valence electrons. The second kappa shape index (κ2) is 4.43. The summed E-state index contributed by atoms with van der Waals surface area (Å²) in [4.78, 5) is 12.4. The molecule has 2 aromatic heterocycles. The van der Waals surface area contributed by atoms with Gasteiger partial charge >= 0.3 is 0 Å². The molecule has 3 aromatic rings. The maximum Gasteiger partial charge on any atom is 0.296 e. The summed E-state index contributed by atoms with van der Waals surface area (Å²) in [7, 11) is 1.61. The number of aryl methyl sites for hydroxylation is 1. The number of rotatable bonds is 2. The predicted molar refractivity (Wildman–Crippen MR) is 71.7 cm³/mol. The van der Waals surface area contributed by atoms with Crippen LogP contribution in [0.15, 0.2) is 29.1 Å². The Morgan fingerprint density at radius 3 is 2.95 bits per heavy atom. The molecule has 0 N–H and O–H groups in total. The molecule has 0 fully saturated rings. The molecular weight excluding hydrogens is 264 g/mol. The lowest BCUT2D eigenvalue weighted by Gasteiger charge is -2.00. The third-order valence-corrected chi connectivity index (χ3v) is 3.61. The van der Waals surface area contributed by atoms with Crippen molar-refractivity contribution in [2.45, 2.75) is 6.92 Å². The molecule has 0 saturated heterocycles. The average Bonchev–Trinajstić information content (AvgIpc) is 2.88. The van der Waals surface area contributed by atoms with E-state index in [-0.39, 0.29) is 5.56 Å². The highest BCUT2D eigenvalue weighted by molar-refractivity contribution is 7.19. The SMILES string of the molecule is COc1cccc(-c2nn3c(=O)c(C)nnc3s2)c1. The smallest absolute Gasteiger partial charge is 0.296 e. The zero-order valence-electron chi connectivity index (χ0n) is 10.3. The van der Waals surface area contributed by atoms with E-state index < -0.39 is 0 Å². The standard InChI is InChI=1S/C12H10N4O2S/c1-7-11(17)16-12(14-13-7)19-10(15-16)8-4-3-5-9(6-8)18-2/h3-6H,1-2H3. The van der Waals surface area contributed by atoms with E-state index in [0.29, 0.717) is 15.7 Å². The quantitative estimate of drug-likeness (QED) is 0.708. The first-order valence-corrected chi connectivity index (χ1v) is 6.38. The molecule has 2 heterocycles. The summed E-state index contributed by atoms with van der Waals surface area (Å²) < 4.78 is 6.45. The summed E-state index contributed by atoms with van der Waals surface area (Å²) in [5.41, 5.74) is 0.974. The van der Waals surface area contributed by atoms with Crippen LogP contribution in [0.4, 0.5) is 0 Å². The molecule has 0 aliphatic carbocycles. The van der Waals surface area contributed by atoms with Crippen LogP contribution in [0, 0.1) is 6.92 Å². The van der Waals surface area contributed by atoms with Gasteiger partial charge in [-0.1, -0.05) is 23.5 Å². The van der Waals surface area contributed by atoms with E-state index in [1.165, 1.54) is 15.9 Å². The number of fused-ring (bicyclic) bond motifs is 1. The molecular formula is C12H10N4O2S. The zero-order valence-corrected chi connectivity index (χ0v) is 11.1. The molecule has 1 aromatic carbocycles. The molecule has 7 heteroatoms. The monoisotopic (exact) mass is 274 g/mol. The van der Waals surface area contributed by atoms with E-state index in [9.17, 15) is 4.79 Å². The number of methoxy groups -OCH3 is 1. The van der Waals surface area contributed by atoms with Crippen LogP contribution in [0.3, 0.4) is 0 Å². The summed E-state index contributed by atoms with van der Waals surface area (Å²) >= 11 is 1.32. The second-order valence-corrected chi connectivity index (χ2v) is 4.88. The largest absolute Gasteiger partial charge is 0.497 e. The van der Waals surface area contributed by atoms with E-state index in [4.69, 9.17) is 4.74 Å². The lowest BCUT2D eigenvalue weighted by Crippen LogP contribution is -2.19. The fraction of sp³-hybridized carbons (Fsp3) is 0.167. The fourth-order valence-corrected chi connectivity index (χ4v) is 2.50. The highest BCUT2D eigenvalue weighted by Gasteiger charge is 2.11. The summed E-state index contributed by atoms with van der Waals surface area (Å²) in [6.45, 7) is 1.62. The minimum atomic E-state index is -0.240. The highest BCUT2D eigenvalue weighted by atomic mass is 32.1. The fourth-order valence-electron chi connectivity index (χ4n) is 1.67. The molecule has 0 aliphatic heterocycles. The van der Waals surface area contributed by atoms with Gasteiger partial charge in [-0.3, -0.25) is 4.79 Å². The Morgan fingerprint density at radius 2 is 2.16 bits per heavy atom. The van der Waals surface area contributed by atoms with Crippen LogP contribution in [-0.4, -0.2) is 26.9 Å². The Bertz CT molecular complexity index is 809. The van der Waals surface area contributed by atoms with Gasteiger partial charge in [0.2, 0.25) is 4.96 Å². The molecule has 0 spiro atoms. The van der Waals surface area contributed by atoms with Gasteiger partial charge in [-0.2, -0.15) is 9.61 Å². The van der Waals surface area contributed by atoms with Crippen LogP contribution in [-0.2, 0) is 0 Å². The first-order chi connectivity index (χ1) is 9.19. The van der Waals surface area contributed by atoms with Crippen molar-refractivity contribution in [3.63, 3.8) is 0 Å². The Morgan fingerprint density at radius 1 is 1.32 bits per heavy atom. The Labute approximate surface area is 112 Å². The summed E-state index contributed by atoms with van der Waals surface area (Å²) in [5, 5.41) is 12.8. The molecule has 0 radical (unpaired) electrons. The predicted octanol–water partition coefficient (Wildman–Crippen LogP) is 1.53. The Hall–Kier alpha value is -2.28. The number of aromatic nitrogens is 4. The number of nitrogens with zero attached hydrogens (tertiary/aromatic N) is 4. The molecule has 0 bridgehead atoms. The van der Waals surface area contributed by atoms with Crippen molar-refractivity contribution in [2.24, 2.45) is 0 Å². The van der Waals surface area contributed by atoms with Crippen molar-refractivity contribution in [1.29, 1.82) is 0 Å². The first kappa shape index (κ1) is 11.8. The van der Waals surface area contributed by atoms with E-state index >= 15 is 0 Å². The highest BCUT2D eigenvalue weighted by Crippen LogP contribution is 2.26. The minimum absolute atomic E-state index is 0.240. The van der Waals surface area contributed by atoms with Crippen LogP contribution in [0.1, 0.15) is 5.69 Å². The van der Waals surface area contributed by atoms with Gasteiger partial charge in [0.25, 0.3) is 5.56 Å². The van der Waals surface area contributed by atoms with Crippen LogP contribution < -0.4 is 10.3 Å². The van der Waals surface area contributed by atoms with Crippen LogP contribution in [0.2, 0.25) is 0 Å². The molecule has 19 heavy (non-hydrogen) atoms. The zero-order chi connectivity index (χ0) is 13.4. The van der Waals surface area contributed by atoms with Gasteiger partial charge in [0.1, 0.15) is 16.5 Å². The van der Waals surface area contributed by atoms with Gasteiger partial charge < -0.3 is 4.74 Å². The lowest BCUT2D eigenvalue weighted by atomic mass is 10.2. The normalized spacial score (nSPS) is 10.8. The van der Waals surface area contributed by atoms with E-state index in [2.05, 4.69) is 15.3 Å². The topological polar surface area (TPSA) is 69.4 Å². The van der Waals surface area contributed by atoms with Crippen LogP contribution >= 0.6 is 11.3 Å². The van der Waals surface area contributed by atoms with Crippen molar-refractivity contribution in [3.05, 3.63) is 40.3 Å². The minimum Gasteiger partial charge on any atom is -0.497 e. The van der Waals surface area contributed by atoms with Gasteiger partial charge in [0.05, 0.1) is 7.11 Å². The molecule has 0 amide bonds. The number of benzene rings is 1. The first-order valence-electron chi connectivity index (χ1n) is 5.56. The summed E-state index contributed by atoms with van der Waals surface area (Å²) in [6.07, 6.45) is 0. The van der Waals surface area contributed by atoms with E-state index in [1.807, 2.05) is 24.3 Å². The van der Waals surface area contributed by atoms with Crippen LogP contribution in [0.5, 0.6) is 5.75 Å². The third kappa shape index (κ3) is 1.97. The average molecular weight is 274 g/mol. The van der Waals surface area contributed by atoms with Crippen LogP contribution in [0.25, 0.3) is 15.5 Å². The molecule has 0 atom stereocenters. The number of hydrogen-bond donors (Lipinski definition) is 0. The Kier molecular flexibility index (Phi) is 2.75. The van der Waals surface area contributed by atoms with Crippen molar-refractivity contribution in [3.8, 4) is 16.3 Å². The van der Waals surface area contributed by atoms with Crippen molar-refractivity contribution in [1.82, 2.24) is 19.8 Å². The Balaban J connectivity index is 2.20. The maximum absolute atomic E-state index is 11.9. The van der Waals surface area contributed by atoms with Gasteiger partial charge in [0, 0.05) is 5.56 Å². The second-order valence-electron chi connectivity index (χ2n) is 3.92. The third-order valence-electron chi connectivity index (χ3n) is 2.66. The van der Waals surface area contributed by atoms with Gasteiger partial charge in [0.15, 0.2) is 0 Å². The molecule has 0 aliphatic rings. The van der Waals surface area contributed by atoms with E-state index in [0.717, 1.165) is 11.3 Å². The molecule has 3 rings (SSSR count). The lowest BCUT2D eigenvalue weighted by molar-refractivity contribution is 0.415. The summed E-state index contributed by atoms with van der Waals surface area (Å²) in [6, 6.07) is 7.50. The molecule has 6 nitrogen and oxygen atoms in total. The van der Waals surface area contributed by atoms with Gasteiger partial charge in [-0.15, -0.1) is 10.2 Å². The van der Waals surface area contributed by atoms with Gasteiger partial charge in [-0.05, 0) is 19.1 Å². The number of hydrogen-bond acceptors (Lipinski definition) is 6. The summed E-state index contributed by atoms with van der Waals surface area (Å²) in [5.74, 6) is 0.742. The van der Waals surface area contributed by atoms with Gasteiger partial charge in [-0.25, -0.2) is 0 Å². The van der Waals surface area contributed by atoms with Crippen molar-refractivity contribution >= 4 is 16.3 Å². The molecule has 0 saturated carbocycles. The maximum atomic E-state index is 11.9. The molecule has 0 unspecified atom stereocenters. The van der Waals surface area contributed by atoms with Crippen molar-refractivity contribution in [2.75, 3.05) is 7.11 Å². The number of ether oxygens (including phenoxy) is 1.